The van der Waals surface area contributed by atoms with Gasteiger partial charge in [0, 0.05) is 19.7 Å². The van der Waals surface area contributed by atoms with Gasteiger partial charge in [-0.25, -0.2) is 0 Å². The van der Waals surface area contributed by atoms with E-state index < -0.39 is 0 Å². The van der Waals surface area contributed by atoms with Crippen LogP contribution >= 0.6 is 0 Å². The van der Waals surface area contributed by atoms with Crippen LogP contribution in [0.4, 0.5) is 0 Å². The number of aliphatic hydroxyl groups excluding tert-OH is 1. The molecule has 0 saturated carbocycles. The van der Waals surface area contributed by atoms with Gasteiger partial charge in [0.2, 0.25) is 5.91 Å². The summed E-state index contributed by atoms with van der Waals surface area (Å²) in [7, 11) is 0. The largest absolute Gasteiger partial charge is 0.395 e. The molecule has 1 saturated heterocycles. The van der Waals surface area contributed by atoms with Crippen molar-refractivity contribution in [3.05, 3.63) is 35.9 Å². The molecule has 2 atom stereocenters. The molecular formula is C16H23NO3. The van der Waals surface area contributed by atoms with Crippen LogP contribution in [0.2, 0.25) is 0 Å². The third-order valence-corrected chi connectivity index (χ3v) is 3.83. The smallest absolute Gasteiger partial charge is 0.228 e. The molecule has 20 heavy (non-hydrogen) atoms. The average molecular weight is 277 g/mol. The molecule has 1 aliphatic rings. The fourth-order valence-electron chi connectivity index (χ4n) is 2.76. The van der Waals surface area contributed by atoms with Crippen LogP contribution in [0.3, 0.4) is 0 Å². The lowest BCUT2D eigenvalue weighted by molar-refractivity contribution is -0.138. The number of hydrogen-bond donors (Lipinski definition) is 1. The molecule has 1 N–H and O–H groups in total. The summed E-state index contributed by atoms with van der Waals surface area (Å²) < 4.78 is 5.60. The number of benzene rings is 1. The van der Waals surface area contributed by atoms with E-state index >= 15 is 0 Å². The lowest BCUT2D eigenvalue weighted by atomic mass is 9.97. The summed E-state index contributed by atoms with van der Waals surface area (Å²) in [5.41, 5.74) is 1.08. The maximum atomic E-state index is 12.6. The van der Waals surface area contributed by atoms with E-state index in [1.54, 1.807) is 4.90 Å². The molecule has 1 aromatic carbocycles. The van der Waals surface area contributed by atoms with Crippen molar-refractivity contribution in [2.45, 2.75) is 32.4 Å². The Kier molecular flexibility index (Phi) is 5.56. The second-order valence-electron chi connectivity index (χ2n) is 5.18. The fourth-order valence-corrected chi connectivity index (χ4v) is 2.76. The minimum absolute atomic E-state index is 0.0110. The van der Waals surface area contributed by atoms with Gasteiger partial charge in [-0.1, -0.05) is 37.3 Å². The van der Waals surface area contributed by atoms with Crippen molar-refractivity contribution in [3.8, 4) is 0 Å². The fraction of sp³-hybridized carbons (Fsp3) is 0.562. The monoisotopic (exact) mass is 277 g/mol. The Hall–Kier alpha value is -1.39. The number of carbonyl (C=O) groups is 1. The van der Waals surface area contributed by atoms with E-state index in [4.69, 9.17) is 4.74 Å². The zero-order valence-electron chi connectivity index (χ0n) is 12.0. The first kappa shape index (κ1) is 15.0. The van der Waals surface area contributed by atoms with Crippen molar-refractivity contribution >= 4 is 5.91 Å². The molecule has 1 amide bonds. The van der Waals surface area contributed by atoms with Crippen LogP contribution in [0, 0.1) is 5.92 Å². The summed E-state index contributed by atoms with van der Waals surface area (Å²) in [6.45, 7) is 3.62. The molecule has 2 rings (SSSR count). The zero-order valence-corrected chi connectivity index (χ0v) is 12.0. The molecular weight excluding hydrogens is 254 g/mol. The Bertz CT molecular complexity index is 421. The van der Waals surface area contributed by atoms with Crippen molar-refractivity contribution in [1.29, 1.82) is 0 Å². The predicted octanol–water partition coefficient (Wildman–Crippen LogP) is 1.82. The molecule has 1 fully saturated rings. The minimum Gasteiger partial charge on any atom is -0.395 e. The maximum Gasteiger partial charge on any atom is 0.228 e. The van der Waals surface area contributed by atoms with Gasteiger partial charge in [0.05, 0.1) is 18.6 Å². The number of ether oxygens (including phenoxy) is 1. The Morgan fingerprint density at radius 3 is 2.80 bits per heavy atom. The Morgan fingerprint density at radius 1 is 1.40 bits per heavy atom. The summed E-state index contributed by atoms with van der Waals surface area (Å²) in [6.07, 6.45) is 1.67. The van der Waals surface area contributed by atoms with Gasteiger partial charge in [0.25, 0.3) is 0 Å². The van der Waals surface area contributed by atoms with Crippen molar-refractivity contribution in [2.24, 2.45) is 5.92 Å². The van der Waals surface area contributed by atoms with E-state index in [0.29, 0.717) is 19.7 Å². The molecule has 1 heterocycles. The SMILES string of the molecule is CCC1OCCC1C(=O)N(CCO)Cc1ccccc1. The van der Waals surface area contributed by atoms with Gasteiger partial charge < -0.3 is 14.7 Å². The van der Waals surface area contributed by atoms with Crippen molar-refractivity contribution in [2.75, 3.05) is 19.8 Å². The van der Waals surface area contributed by atoms with E-state index in [9.17, 15) is 9.90 Å². The first-order valence-electron chi connectivity index (χ1n) is 7.31. The lowest BCUT2D eigenvalue weighted by Gasteiger charge is -2.27. The van der Waals surface area contributed by atoms with Crippen LogP contribution in [0.25, 0.3) is 0 Å². The predicted molar refractivity (Wildman–Crippen MR) is 77.1 cm³/mol. The molecule has 0 spiro atoms. The molecule has 4 heteroatoms. The molecule has 0 radical (unpaired) electrons. The van der Waals surface area contributed by atoms with Crippen LogP contribution in [0.5, 0.6) is 0 Å². The highest BCUT2D eigenvalue weighted by atomic mass is 16.5. The Morgan fingerprint density at radius 2 is 2.15 bits per heavy atom. The van der Waals surface area contributed by atoms with Gasteiger partial charge >= 0.3 is 0 Å². The average Bonchev–Trinajstić information content (AvgIpc) is 2.95. The molecule has 0 aromatic heterocycles. The molecule has 110 valence electrons. The summed E-state index contributed by atoms with van der Waals surface area (Å²) in [5.74, 6) is 0.0440. The van der Waals surface area contributed by atoms with Crippen molar-refractivity contribution in [1.82, 2.24) is 4.90 Å². The highest BCUT2D eigenvalue weighted by Crippen LogP contribution is 2.26. The third kappa shape index (κ3) is 3.58. The molecule has 2 unspecified atom stereocenters. The number of nitrogens with zero attached hydrogens (tertiary/aromatic N) is 1. The van der Waals surface area contributed by atoms with Crippen molar-refractivity contribution in [3.63, 3.8) is 0 Å². The van der Waals surface area contributed by atoms with Crippen LogP contribution < -0.4 is 0 Å². The first-order valence-corrected chi connectivity index (χ1v) is 7.31. The molecule has 0 bridgehead atoms. The van der Waals surface area contributed by atoms with E-state index in [1.807, 2.05) is 37.3 Å². The molecule has 0 aliphatic carbocycles. The van der Waals surface area contributed by atoms with E-state index in [2.05, 4.69) is 0 Å². The topological polar surface area (TPSA) is 49.8 Å². The molecule has 1 aromatic rings. The van der Waals surface area contributed by atoms with Crippen LogP contribution in [0.1, 0.15) is 25.3 Å². The highest BCUT2D eigenvalue weighted by Gasteiger charge is 2.35. The van der Waals surface area contributed by atoms with Gasteiger partial charge in [-0.2, -0.15) is 0 Å². The van der Waals surface area contributed by atoms with Gasteiger partial charge in [-0.15, -0.1) is 0 Å². The normalized spacial score (nSPS) is 21.9. The first-order chi connectivity index (χ1) is 9.76. The van der Waals surface area contributed by atoms with Gasteiger partial charge in [-0.05, 0) is 18.4 Å². The lowest BCUT2D eigenvalue weighted by Crippen LogP contribution is -2.40. The van der Waals surface area contributed by atoms with E-state index in [-0.39, 0.29) is 24.5 Å². The van der Waals surface area contributed by atoms with Crippen LogP contribution in [-0.4, -0.2) is 41.8 Å². The number of carbonyl (C=O) groups excluding carboxylic acids is 1. The minimum atomic E-state index is -0.0599. The van der Waals surface area contributed by atoms with Gasteiger partial charge in [0.15, 0.2) is 0 Å². The summed E-state index contributed by atoms with van der Waals surface area (Å²) in [5, 5.41) is 9.20. The third-order valence-electron chi connectivity index (χ3n) is 3.83. The van der Waals surface area contributed by atoms with Gasteiger partial charge in [0.1, 0.15) is 0 Å². The van der Waals surface area contributed by atoms with Crippen LogP contribution in [0.15, 0.2) is 30.3 Å². The number of amides is 1. The summed E-state index contributed by atoms with van der Waals surface area (Å²) in [6, 6.07) is 9.88. The number of hydrogen-bond acceptors (Lipinski definition) is 3. The zero-order chi connectivity index (χ0) is 14.4. The number of rotatable bonds is 6. The van der Waals surface area contributed by atoms with Crippen LogP contribution in [-0.2, 0) is 16.1 Å². The summed E-state index contributed by atoms with van der Waals surface area (Å²) in [4.78, 5) is 14.4. The number of aliphatic hydroxyl groups is 1. The molecule has 4 nitrogen and oxygen atoms in total. The van der Waals surface area contributed by atoms with Crippen molar-refractivity contribution < 1.29 is 14.6 Å². The molecule has 1 aliphatic heterocycles. The Labute approximate surface area is 120 Å². The quantitative estimate of drug-likeness (QED) is 0.863. The summed E-state index contributed by atoms with van der Waals surface area (Å²) >= 11 is 0. The standard InChI is InChI=1S/C16H23NO3/c1-2-15-14(8-11-20-15)16(19)17(9-10-18)12-13-6-4-3-5-7-13/h3-7,14-15,18H,2,8-12H2,1H3. The van der Waals surface area contributed by atoms with Gasteiger partial charge in [-0.3, -0.25) is 4.79 Å². The highest BCUT2D eigenvalue weighted by molar-refractivity contribution is 5.79. The van der Waals surface area contributed by atoms with E-state index in [0.717, 1.165) is 18.4 Å². The second-order valence-corrected chi connectivity index (χ2v) is 5.18. The van der Waals surface area contributed by atoms with E-state index in [1.165, 1.54) is 0 Å². The maximum absolute atomic E-state index is 12.6. The Balaban J connectivity index is 2.05. The second kappa shape index (κ2) is 7.41.